The van der Waals surface area contributed by atoms with Crippen molar-refractivity contribution in [3.8, 4) is 0 Å². The summed E-state index contributed by atoms with van der Waals surface area (Å²) in [6, 6.07) is 17.0. The highest BCUT2D eigenvalue weighted by molar-refractivity contribution is 7.92. The molecule has 0 atom stereocenters. The van der Waals surface area contributed by atoms with E-state index in [0.717, 1.165) is 23.8 Å². The van der Waals surface area contributed by atoms with Crippen molar-refractivity contribution < 1.29 is 31.5 Å². The molecule has 0 radical (unpaired) electrons. The summed E-state index contributed by atoms with van der Waals surface area (Å²) in [7, 11) is -4.47. The summed E-state index contributed by atoms with van der Waals surface area (Å²) < 4.78 is 67.6. The van der Waals surface area contributed by atoms with E-state index in [0.29, 0.717) is 24.8 Å². The summed E-state index contributed by atoms with van der Waals surface area (Å²) in [6.07, 6.45) is -3.08. The average molecular weight is 463 g/mol. The van der Waals surface area contributed by atoms with Crippen molar-refractivity contribution in [2.24, 2.45) is 0 Å². The number of hydrogen-bond donors (Lipinski definition) is 2. The van der Waals surface area contributed by atoms with E-state index in [4.69, 9.17) is 5.11 Å². The number of benzene rings is 3. The number of sulfonamides is 1. The second-order valence-electron chi connectivity index (χ2n) is 7.11. The number of halogens is 3. The lowest BCUT2D eigenvalue weighted by Crippen LogP contribution is -2.19. The largest absolute Gasteiger partial charge is 0.478 e. The van der Waals surface area contributed by atoms with Crippen LogP contribution in [0.4, 0.5) is 18.9 Å². The predicted molar refractivity (Wildman–Crippen MR) is 114 cm³/mol. The quantitative estimate of drug-likeness (QED) is 0.470. The van der Waals surface area contributed by atoms with Crippen molar-refractivity contribution in [3.63, 3.8) is 0 Å². The van der Waals surface area contributed by atoms with Crippen molar-refractivity contribution >= 4 is 21.7 Å². The maximum atomic E-state index is 13.3. The first-order chi connectivity index (χ1) is 15.1. The van der Waals surface area contributed by atoms with Gasteiger partial charge in [-0.15, -0.1) is 0 Å². The monoisotopic (exact) mass is 463 g/mol. The maximum absolute atomic E-state index is 13.3. The molecule has 0 aliphatic rings. The zero-order valence-electron chi connectivity index (χ0n) is 16.8. The van der Waals surface area contributed by atoms with E-state index in [2.05, 4.69) is 4.72 Å². The number of carbonyl (C=O) groups is 1. The van der Waals surface area contributed by atoms with Gasteiger partial charge in [0.05, 0.1) is 21.7 Å². The Morgan fingerprint density at radius 2 is 1.50 bits per heavy atom. The molecular weight excluding hydrogens is 443 g/mol. The second-order valence-corrected chi connectivity index (χ2v) is 8.76. The molecule has 0 unspecified atom stereocenters. The van der Waals surface area contributed by atoms with Gasteiger partial charge in [-0.3, -0.25) is 4.72 Å². The van der Waals surface area contributed by atoms with Crippen LogP contribution in [0.5, 0.6) is 0 Å². The summed E-state index contributed by atoms with van der Waals surface area (Å²) in [5, 5.41) is 8.95. The van der Waals surface area contributed by atoms with Gasteiger partial charge in [-0.05, 0) is 60.7 Å². The van der Waals surface area contributed by atoms with Gasteiger partial charge in [0.2, 0.25) is 0 Å². The summed E-state index contributed by atoms with van der Waals surface area (Å²) >= 11 is 0. The van der Waals surface area contributed by atoms with Crippen LogP contribution in [0.15, 0.2) is 77.7 Å². The molecule has 0 spiro atoms. The Morgan fingerprint density at radius 1 is 0.875 bits per heavy atom. The Morgan fingerprint density at radius 3 is 2.16 bits per heavy atom. The molecule has 5 nitrogen and oxygen atoms in total. The fraction of sp³-hybridized carbons (Fsp3) is 0.174. The number of alkyl halides is 3. The lowest BCUT2D eigenvalue weighted by molar-refractivity contribution is -0.139. The van der Waals surface area contributed by atoms with E-state index in [1.165, 1.54) is 24.3 Å². The minimum atomic E-state index is -4.80. The van der Waals surface area contributed by atoms with Gasteiger partial charge in [0.1, 0.15) is 0 Å². The molecule has 0 aliphatic carbocycles. The summed E-state index contributed by atoms with van der Waals surface area (Å²) in [6.45, 7) is 0. The normalized spacial score (nSPS) is 11.8. The van der Waals surface area contributed by atoms with E-state index in [1.54, 1.807) is 30.3 Å². The van der Waals surface area contributed by atoms with Crippen molar-refractivity contribution in [3.05, 3.63) is 95.1 Å². The Bertz CT molecular complexity index is 1210. The lowest BCUT2D eigenvalue weighted by atomic mass is 10.0. The first-order valence-corrected chi connectivity index (χ1v) is 11.2. The number of aryl methyl sites for hydroxylation is 2. The third-order valence-corrected chi connectivity index (χ3v) is 6.28. The molecule has 0 amide bonds. The summed E-state index contributed by atoms with van der Waals surface area (Å²) in [5.41, 5.74) is 0.739. The number of nitrogens with one attached hydrogen (secondary N) is 1. The number of carboxylic acids is 1. The van der Waals surface area contributed by atoms with Gasteiger partial charge in [-0.1, -0.05) is 42.5 Å². The molecule has 0 aliphatic heterocycles. The van der Waals surface area contributed by atoms with E-state index in [1.807, 2.05) is 0 Å². The molecule has 0 bridgehead atoms. The number of anilines is 1. The molecule has 0 aromatic heterocycles. The topological polar surface area (TPSA) is 83.5 Å². The minimum Gasteiger partial charge on any atom is -0.478 e. The zero-order valence-corrected chi connectivity index (χ0v) is 17.6. The molecule has 32 heavy (non-hydrogen) atoms. The van der Waals surface area contributed by atoms with Crippen LogP contribution < -0.4 is 4.72 Å². The van der Waals surface area contributed by atoms with E-state index >= 15 is 0 Å². The lowest BCUT2D eigenvalue weighted by Gasteiger charge is -2.16. The van der Waals surface area contributed by atoms with Gasteiger partial charge in [-0.2, -0.15) is 13.2 Å². The third kappa shape index (κ3) is 5.67. The van der Waals surface area contributed by atoms with Gasteiger partial charge in [0, 0.05) is 0 Å². The van der Waals surface area contributed by atoms with E-state index in [9.17, 15) is 26.4 Å². The average Bonchev–Trinajstić information content (AvgIpc) is 2.74. The fourth-order valence-electron chi connectivity index (χ4n) is 3.27. The molecule has 3 rings (SSSR count). The van der Waals surface area contributed by atoms with Crippen molar-refractivity contribution in [1.29, 1.82) is 0 Å². The molecular formula is C23H20F3NO4S. The maximum Gasteiger partial charge on any atom is 0.417 e. The van der Waals surface area contributed by atoms with Crippen LogP contribution in [-0.2, 0) is 29.0 Å². The van der Waals surface area contributed by atoms with Crippen LogP contribution in [0.2, 0.25) is 0 Å². The number of rotatable bonds is 8. The van der Waals surface area contributed by atoms with Gasteiger partial charge in [-0.25, -0.2) is 13.2 Å². The number of hydrogen-bond acceptors (Lipinski definition) is 3. The first kappa shape index (κ1) is 23.3. The Labute approximate surface area is 183 Å². The standard InChI is InChI=1S/C23H20F3NO4S/c24-23(25,26)19-9-2-4-11-21(19)32(30,31)27-20-10-3-1-7-17(20)8-5-6-16-12-14-18(15-13-16)22(28)29/h1-4,7,9-15,27H,5-6,8H2,(H,28,29). The number of para-hydroxylation sites is 1. The molecule has 3 aromatic rings. The van der Waals surface area contributed by atoms with Gasteiger partial charge < -0.3 is 5.11 Å². The number of carboxylic acid groups (broad SMARTS) is 1. The molecule has 0 fully saturated rings. The predicted octanol–water partition coefficient (Wildman–Crippen LogP) is 5.38. The van der Waals surface area contributed by atoms with E-state index < -0.39 is 32.6 Å². The Kier molecular flexibility index (Phi) is 6.88. The van der Waals surface area contributed by atoms with Crippen molar-refractivity contribution in [1.82, 2.24) is 0 Å². The van der Waals surface area contributed by atoms with E-state index in [-0.39, 0.29) is 11.3 Å². The summed E-state index contributed by atoms with van der Waals surface area (Å²) in [4.78, 5) is 10.1. The second kappa shape index (κ2) is 9.44. The van der Waals surface area contributed by atoms with Crippen LogP contribution in [0.3, 0.4) is 0 Å². The van der Waals surface area contributed by atoms with Crippen LogP contribution in [0.1, 0.15) is 33.5 Å². The Balaban J connectivity index is 1.75. The first-order valence-electron chi connectivity index (χ1n) is 9.67. The molecule has 0 saturated carbocycles. The SMILES string of the molecule is O=C(O)c1ccc(CCCc2ccccc2NS(=O)(=O)c2ccccc2C(F)(F)F)cc1. The highest BCUT2D eigenvalue weighted by atomic mass is 32.2. The fourth-order valence-corrected chi connectivity index (χ4v) is 4.60. The van der Waals surface area contributed by atoms with Gasteiger partial charge in [0.25, 0.3) is 10.0 Å². The van der Waals surface area contributed by atoms with Crippen LogP contribution in [0, 0.1) is 0 Å². The molecule has 168 valence electrons. The van der Waals surface area contributed by atoms with Crippen molar-refractivity contribution in [2.45, 2.75) is 30.3 Å². The molecule has 9 heteroatoms. The number of aromatic carboxylic acids is 1. The van der Waals surface area contributed by atoms with Crippen LogP contribution in [-0.4, -0.2) is 19.5 Å². The molecule has 3 aromatic carbocycles. The van der Waals surface area contributed by atoms with Crippen LogP contribution >= 0.6 is 0 Å². The zero-order chi connectivity index (χ0) is 23.4. The third-order valence-electron chi connectivity index (χ3n) is 4.86. The molecule has 0 heterocycles. The molecule has 0 saturated heterocycles. The van der Waals surface area contributed by atoms with Gasteiger partial charge in [0.15, 0.2) is 0 Å². The minimum absolute atomic E-state index is 0.188. The highest BCUT2D eigenvalue weighted by Crippen LogP contribution is 2.35. The highest BCUT2D eigenvalue weighted by Gasteiger charge is 2.37. The summed E-state index contributed by atoms with van der Waals surface area (Å²) in [5.74, 6) is -1.01. The van der Waals surface area contributed by atoms with Crippen molar-refractivity contribution in [2.75, 3.05) is 4.72 Å². The Hall–Kier alpha value is -3.33. The van der Waals surface area contributed by atoms with Crippen LogP contribution in [0.25, 0.3) is 0 Å². The molecule has 2 N–H and O–H groups in total. The van der Waals surface area contributed by atoms with Gasteiger partial charge >= 0.3 is 12.1 Å². The smallest absolute Gasteiger partial charge is 0.417 e.